The molecule has 0 amide bonds. The predicted molar refractivity (Wildman–Crippen MR) is 107 cm³/mol. The number of nitrogens with zero attached hydrogens (tertiary/aromatic N) is 5. The summed E-state index contributed by atoms with van der Waals surface area (Å²) in [6.07, 6.45) is 1.85. The molecule has 0 radical (unpaired) electrons. The van der Waals surface area contributed by atoms with Crippen molar-refractivity contribution in [3.05, 3.63) is 53.7 Å². The van der Waals surface area contributed by atoms with Gasteiger partial charge in [-0.05, 0) is 6.07 Å². The third kappa shape index (κ3) is 3.84. The molecule has 1 fully saturated rings. The second-order valence-corrected chi connectivity index (χ2v) is 7.12. The lowest BCUT2D eigenvalue weighted by molar-refractivity contribution is 0.246. The van der Waals surface area contributed by atoms with Gasteiger partial charge in [0.05, 0.1) is 11.4 Å². The third-order valence-electron chi connectivity index (χ3n) is 4.52. The summed E-state index contributed by atoms with van der Waals surface area (Å²) < 4.78 is 0. The second kappa shape index (κ2) is 7.80. The fourth-order valence-electron chi connectivity index (χ4n) is 3.10. The molecule has 0 atom stereocenters. The molecular formula is C19H22N6S. The van der Waals surface area contributed by atoms with Crippen LogP contribution in [-0.4, -0.2) is 53.1 Å². The van der Waals surface area contributed by atoms with E-state index >= 15 is 0 Å². The number of aromatic nitrogens is 3. The summed E-state index contributed by atoms with van der Waals surface area (Å²) in [6, 6.07) is 12.2. The highest BCUT2D eigenvalue weighted by Crippen LogP contribution is 2.20. The van der Waals surface area contributed by atoms with Crippen LogP contribution in [0.5, 0.6) is 0 Å². The van der Waals surface area contributed by atoms with Crippen molar-refractivity contribution in [3.63, 3.8) is 0 Å². The van der Waals surface area contributed by atoms with Gasteiger partial charge in [-0.25, -0.2) is 15.0 Å². The molecule has 0 saturated carbocycles. The molecule has 0 spiro atoms. The van der Waals surface area contributed by atoms with Gasteiger partial charge in [0.1, 0.15) is 0 Å². The first-order valence-corrected chi connectivity index (χ1v) is 9.68. The lowest BCUT2D eigenvalue weighted by Gasteiger charge is -2.34. The lowest BCUT2D eigenvalue weighted by atomic mass is 10.1. The first kappa shape index (κ1) is 16.9. The first-order valence-electron chi connectivity index (χ1n) is 8.80. The first-order chi connectivity index (χ1) is 12.8. The van der Waals surface area contributed by atoms with Crippen molar-refractivity contribution in [2.45, 2.75) is 6.54 Å². The minimum Gasteiger partial charge on any atom is -0.365 e. The predicted octanol–water partition coefficient (Wildman–Crippen LogP) is 2.96. The average molecular weight is 366 g/mol. The highest BCUT2D eigenvalue weighted by Gasteiger charge is 2.20. The van der Waals surface area contributed by atoms with Crippen LogP contribution in [0.25, 0.3) is 11.3 Å². The average Bonchev–Trinajstić information content (AvgIpc) is 3.17. The van der Waals surface area contributed by atoms with E-state index in [0.29, 0.717) is 0 Å². The van der Waals surface area contributed by atoms with Crippen LogP contribution in [0.1, 0.15) is 5.69 Å². The highest BCUT2D eigenvalue weighted by atomic mass is 32.1. The van der Waals surface area contributed by atoms with Gasteiger partial charge < -0.3 is 10.2 Å². The van der Waals surface area contributed by atoms with Gasteiger partial charge in [0.2, 0.25) is 5.95 Å². The van der Waals surface area contributed by atoms with Crippen LogP contribution in [0.15, 0.2) is 48.0 Å². The molecule has 1 aromatic carbocycles. The Balaban J connectivity index is 1.39. The van der Waals surface area contributed by atoms with Crippen molar-refractivity contribution in [1.82, 2.24) is 19.9 Å². The standard InChI is InChI=1S/C19H22N6S/c1-20-19-22-16(14-26-19)13-24-9-11-25(12-10-24)18-21-8-7-17(23-18)15-5-3-2-4-6-15/h2-8,14H,9-13H2,1H3,(H,20,22). The quantitative estimate of drug-likeness (QED) is 0.749. The van der Waals surface area contributed by atoms with Gasteiger partial charge in [-0.3, -0.25) is 4.90 Å². The number of rotatable bonds is 5. The van der Waals surface area contributed by atoms with Crippen molar-refractivity contribution in [3.8, 4) is 11.3 Å². The van der Waals surface area contributed by atoms with Gasteiger partial charge in [0, 0.05) is 56.9 Å². The third-order valence-corrected chi connectivity index (χ3v) is 5.43. The summed E-state index contributed by atoms with van der Waals surface area (Å²) in [7, 11) is 1.91. The molecule has 1 aliphatic heterocycles. The molecular weight excluding hydrogens is 344 g/mol. The van der Waals surface area contributed by atoms with Gasteiger partial charge in [-0.15, -0.1) is 11.3 Å². The number of hydrogen-bond donors (Lipinski definition) is 1. The fourth-order valence-corrected chi connectivity index (χ4v) is 3.76. The van der Waals surface area contributed by atoms with E-state index in [1.54, 1.807) is 11.3 Å². The van der Waals surface area contributed by atoms with Crippen LogP contribution < -0.4 is 10.2 Å². The SMILES string of the molecule is CNc1nc(CN2CCN(c3nccc(-c4ccccc4)n3)CC2)cs1. The van der Waals surface area contributed by atoms with Gasteiger partial charge >= 0.3 is 0 Å². The zero-order valence-corrected chi connectivity index (χ0v) is 15.6. The molecule has 6 nitrogen and oxygen atoms in total. The number of thiazole rings is 1. The van der Waals surface area contributed by atoms with E-state index in [1.165, 1.54) is 0 Å². The Bertz CT molecular complexity index is 842. The Morgan fingerprint density at radius 1 is 1.04 bits per heavy atom. The maximum absolute atomic E-state index is 4.77. The molecule has 26 heavy (non-hydrogen) atoms. The molecule has 0 aliphatic carbocycles. The van der Waals surface area contributed by atoms with Crippen molar-refractivity contribution in [2.75, 3.05) is 43.4 Å². The minimum absolute atomic E-state index is 0.817. The van der Waals surface area contributed by atoms with Crippen LogP contribution in [0.4, 0.5) is 11.1 Å². The Hall–Kier alpha value is -2.51. The smallest absolute Gasteiger partial charge is 0.225 e. The largest absolute Gasteiger partial charge is 0.365 e. The van der Waals surface area contributed by atoms with Crippen LogP contribution in [0, 0.1) is 0 Å². The van der Waals surface area contributed by atoms with E-state index in [4.69, 9.17) is 4.98 Å². The van der Waals surface area contributed by atoms with E-state index in [-0.39, 0.29) is 0 Å². The van der Waals surface area contributed by atoms with Gasteiger partial charge in [0.15, 0.2) is 5.13 Å². The topological polar surface area (TPSA) is 57.2 Å². The van der Waals surface area contributed by atoms with E-state index in [2.05, 4.69) is 42.6 Å². The molecule has 3 aromatic rings. The molecule has 134 valence electrons. The lowest BCUT2D eigenvalue weighted by Crippen LogP contribution is -2.46. The number of anilines is 2. The maximum Gasteiger partial charge on any atom is 0.225 e. The Kier molecular flexibility index (Phi) is 5.08. The number of benzene rings is 1. The zero-order chi connectivity index (χ0) is 17.8. The summed E-state index contributed by atoms with van der Waals surface area (Å²) in [5, 5.41) is 6.20. The maximum atomic E-state index is 4.77. The van der Waals surface area contributed by atoms with Gasteiger partial charge in [-0.1, -0.05) is 30.3 Å². The van der Waals surface area contributed by atoms with Crippen molar-refractivity contribution in [1.29, 1.82) is 0 Å². The molecule has 1 saturated heterocycles. The van der Waals surface area contributed by atoms with E-state index in [0.717, 1.165) is 60.8 Å². The summed E-state index contributed by atoms with van der Waals surface area (Å²) >= 11 is 1.66. The van der Waals surface area contributed by atoms with Crippen molar-refractivity contribution in [2.24, 2.45) is 0 Å². The number of hydrogen-bond acceptors (Lipinski definition) is 7. The Morgan fingerprint density at radius 2 is 1.85 bits per heavy atom. The summed E-state index contributed by atoms with van der Waals surface area (Å²) in [5.74, 6) is 0.817. The van der Waals surface area contributed by atoms with Crippen LogP contribution in [0.2, 0.25) is 0 Å². The molecule has 4 rings (SSSR count). The highest BCUT2D eigenvalue weighted by molar-refractivity contribution is 7.13. The fraction of sp³-hybridized carbons (Fsp3) is 0.316. The number of nitrogens with one attached hydrogen (secondary N) is 1. The molecule has 1 N–H and O–H groups in total. The molecule has 2 aromatic heterocycles. The summed E-state index contributed by atoms with van der Waals surface area (Å²) in [5.41, 5.74) is 3.23. The van der Waals surface area contributed by atoms with Crippen LogP contribution in [-0.2, 0) is 6.54 Å². The zero-order valence-electron chi connectivity index (χ0n) is 14.8. The molecule has 0 unspecified atom stereocenters. The monoisotopic (exact) mass is 366 g/mol. The Labute approximate surface area is 157 Å². The minimum atomic E-state index is 0.817. The van der Waals surface area contributed by atoms with E-state index < -0.39 is 0 Å². The normalized spacial score (nSPS) is 15.2. The molecule has 3 heterocycles. The van der Waals surface area contributed by atoms with Crippen LogP contribution in [0.3, 0.4) is 0 Å². The summed E-state index contributed by atoms with van der Waals surface area (Å²) in [4.78, 5) is 18.5. The van der Waals surface area contributed by atoms with Gasteiger partial charge in [-0.2, -0.15) is 0 Å². The van der Waals surface area contributed by atoms with E-state index in [9.17, 15) is 0 Å². The number of piperazine rings is 1. The second-order valence-electron chi connectivity index (χ2n) is 6.27. The Morgan fingerprint density at radius 3 is 2.58 bits per heavy atom. The van der Waals surface area contributed by atoms with Crippen LogP contribution >= 0.6 is 11.3 Å². The summed E-state index contributed by atoms with van der Waals surface area (Å²) in [6.45, 7) is 4.75. The molecule has 1 aliphatic rings. The molecule has 7 heteroatoms. The van der Waals surface area contributed by atoms with Crippen molar-refractivity contribution >= 4 is 22.4 Å². The molecule has 0 bridgehead atoms. The van der Waals surface area contributed by atoms with Gasteiger partial charge in [0.25, 0.3) is 0 Å². The van der Waals surface area contributed by atoms with E-state index in [1.807, 2.05) is 37.5 Å². The van der Waals surface area contributed by atoms with Crippen molar-refractivity contribution < 1.29 is 0 Å².